The van der Waals surface area contributed by atoms with Crippen molar-refractivity contribution in [2.24, 2.45) is 17.1 Å². The van der Waals surface area contributed by atoms with Gasteiger partial charge in [-0.05, 0) is 54.2 Å². The molecule has 1 aromatic heterocycles. The molecule has 1 heterocycles. The quantitative estimate of drug-likeness (QED) is 0.865. The van der Waals surface area contributed by atoms with Crippen LogP contribution < -0.4 is 5.73 Å². The zero-order chi connectivity index (χ0) is 13.9. The van der Waals surface area contributed by atoms with Crippen molar-refractivity contribution in [2.75, 3.05) is 0 Å². The summed E-state index contributed by atoms with van der Waals surface area (Å²) in [5.74, 6) is 1.15. The van der Waals surface area contributed by atoms with E-state index in [0.717, 1.165) is 5.92 Å². The van der Waals surface area contributed by atoms with Crippen LogP contribution in [0.4, 0.5) is 0 Å². The first-order valence-electron chi connectivity index (χ1n) is 7.71. The van der Waals surface area contributed by atoms with Gasteiger partial charge in [0.2, 0.25) is 0 Å². The molecule has 0 spiro atoms. The smallest absolute Gasteiger partial charge is 0.0270 e. The Morgan fingerprint density at radius 1 is 1.16 bits per heavy atom. The van der Waals surface area contributed by atoms with E-state index in [9.17, 15) is 0 Å². The molecule has 1 aliphatic carbocycles. The molecule has 2 heteroatoms. The minimum absolute atomic E-state index is 0.264. The molecular formula is C17H28N2. The van der Waals surface area contributed by atoms with Gasteiger partial charge in [0.25, 0.3) is 0 Å². The van der Waals surface area contributed by atoms with Crippen LogP contribution in [0.15, 0.2) is 24.5 Å². The summed E-state index contributed by atoms with van der Waals surface area (Å²) < 4.78 is 0. The van der Waals surface area contributed by atoms with Gasteiger partial charge in [-0.25, -0.2) is 0 Å². The summed E-state index contributed by atoms with van der Waals surface area (Å²) in [7, 11) is 0. The molecule has 0 bridgehead atoms. The van der Waals surface area contributed by atoms with Crippen molar-refractivity contribution in [3.63, 3.8) is 0 Å². The lowest BCUT2D eigenvalue weighted by Gasteiger charge is -2.40. The van der Waals surface area contributed by atoms with Crippen LogP contribution in [-0.4, -0.2) is 11.0 Å². The van der Waals surface area contributed by atoms with Gasteiger partial charge in [-0.2, -0.15) is 0 Å². The fraction of sp³-hybridized carbons (Fsp3) is 0.706. The number of pyridine rings is 1. The third-order valence-electron chi connectivity index (χ3n) is 4.89. The number of rotatable bonds is 5. The van der Waals surface area contributed by atoms with Crippen LogP contribution in [-0.2, 0) is 0 Å². The maximum absolute atomic E-state index is 6.72. The highest BCUT2D eigenvalue weighted by Gasteiger charge is 2.42. The van der Waals surface area contributed by atoms with Gasteiger partial charge in [-0.1, -0.05) is 33.6 Å². The topological polar surface area (TPSA) is 38.9 Å². The summed E-state index contributed by atoms with van der Waals surface area (Å²) in [5, 5.41) is 0. The highest BCUT2D eigenvalue weighted by molar-refractivity contribution is 5.19. The summed E-state index contributed by atoms with van der Waals surface area (Å²) in [5.41, 5.74) is 8.41. The van der Waals surface area contributed by atoms with E-state index in [4.69, 9.17) is 5.73 Å². The molecule has 19 heavy (non-hydrogen) atoms. The van der Waals surface area contributed by atoms with Gasteiger partial charge in [0, 0.05) is 18.4 Å². The number of nitrogens with two attached hydrogens (primary N) is 1. The van der Waals surface area contributed by atoms with Crippen molar-refractivity contribution in [2.45, 2.75) is 64.8 Å². The molecule has 2 unspecified atom stereocenters. The van der Waals surface area contributed by atoms with Gasteiger partial charge in [0.1, 0.15) is 0 Å². The summed E-state index contributed by atoms with van der Waals surface area (Å²) >= 11 is 0. The highest BCUT2D eigenvalue weighted by atomic mass is 14.7. The fourth-order valence-corrected chi connectivity index (χ4v) is 3.97. The second kappa shape index (κ2) is 6.04. The molecule has 2 atom stereocenters. The third kappa shape index (κ3) is 3.17. The number of hydrogen-bond donors (Lipinski definition) is 1. The van der Waals surface area contributed by atoms with Crippen molar-refractivity contribution in [3.8, 4) is 0 Å². The average molecular weight is 260 g/mol. The summed E-state index contributed by atoms with van der Waals surface area (Å²) in [6.45, 7) is 6.92. The molecule has 0 radical (unpaired) electrons. The maximum Gasteiger partial charge on any atom is 0.0270 e. The number of hydrogen-bond acceptors (Lipinski definition) is 2. The first-order valence-corrected chi connectivity index (χ1v) is 7.71. The zero-order valence-electron chi connectivity index (χ0n) is 12.6. The SMILES string of the molecule is CC(C)CC1(C(N)C(C)c2ccncc2)CCCC1. The van der Waals surface area contributed by atoms with Crippen LogP contribution in [0.3, 0.4) is 0 Å². The number of nitrogens with zero attached hydrogens (tertiary/aromatic N) is 1. The molecule has 1 aliphatic rings. The Bertz CT molecular complexity index is 380. The van der Waals surface area contributed by atoms with Gasteiger partial charge >= 0.3 is 0 Å². The Hall–Kier alpha value is -0.890. The monoisotopic (exact) mass is 260 g/mol. The van der Waals surface area contributed by atoms with E-state index in [0.29, 0.717) is 11.3 Å². The Morgan fingerprint density at radius 3 is 2.26 bits per heavy atom. The second-order valence-electron chi connectivity index (χ2n) is 6.76. The van der Waals surface area contributed by atoms with Gasteiger partial charge in [-0.15, -0.1) is 0 Å². The minimum Gasteiger partial charge on any atom is -0.327 e. The van der Waals surface area contributed by atoms with Crippen molar-refractivity contribution < 1.29 is 0 Å². The molecule has 1 aromatic rings. The van der Waals surface area contributed by atoms with Gasteiger partial charge in [0.15, 0.2) is 0 Å². The molecule has 2 nitrogen and oxygen atoms in total. The standard InChI is InChI=1S/C17H28N2/c1-13(2)12-17(8-4-5-9-17)16(18)14(3)15-6-10-19-11-7-15/h6-7,10-11,13-14,16H,4-5,8-9,12,18H2,1-3H3. The van der Waals surface area contributed by atoms with Gasteiger partial charge < -0.3 is 5.73 Å². The number of aromatic nitrogens is 1. The maximum atomic E-state index is 6.72. The van der Waals surface area contributed by atoms with Crippen molar-refractivity contribution in [1.82, 2.24) is 4.98 Å². The normalized spacial score (nSPS) is 21.5. The van der Waals surface area contributed by atoms with Crippen LogP contribution >= 0.6 is 0 Å². The van der Waals surface area contributed by atoms with E-state index < -0.39 is 0 Å². The molecule has 2 N–H and O–H groups in total. The largest absolute Gasteiger partial charge is 0.327 e. The van der Waals surface area contributed by atoms with Crippen molar-refractivity contribution in [1.29, 1.82) is 0 Å². The molecule has 106 valence electrons. The second-order valence-corrected chi connectivity index (χ2v) is 6.76. The summed E-state index contributed by atoms with van der Waals surface area (Å²) in [4.78, 5) is 4.11. The van der Waals surface area contributed by atoms with Crippen LogP contribution in [0.2, 0.25) is 0 Å². The van der Waals surface area contributed by atoms with E-state index in [1.807, 2.05) is 12.4 Å². The van der Waals surface area contributed by atoms with E-state index >= 15 is 0 Å². The van der Waals surface area contributed by atoms with E-state index in [2.05, 4.69) is 37.9 Å². The Morgan fingerprint density at radius 2 is 1.74 bits per heavy atom. The molecule has 0 amide bonds. The Kier molecular flexibility index (Phi) is 4.62. The van der Waals surface area contributed by atoms with Crippen LogP contribution in [0.1, 0.15) is 64.4 Å². The predicted octanol–water partition coefficient (Wildman–Crippen LogP) is 4.12. The van der Waals surface area contributed by atoms with E-state index in [-0.39, 0.29) is 6.04 Å². The van der Waals surface area contributed by atoms with Crippen LogP contribution in [0.5, 0.6) is 0 Å². The molecular weight excluding hydrogens is 232 g/mol. The third-order valence-corrected chi connectivity index (χ3v) is 4.89. The molecule has 0 saturated heterocycles. The van der Waals surface area contributed by atoms with Crippen LogP contribution in [0, 0.1) is 11.3 Å². The molecule has 0 aromatic carbocycles. The molecule has 1 saturated carbocycles. The lowest BCUT2D eigenvalue weighted by molar-refractivity contribution is 0.166. The van der Waals surface area contributed by atoms with E-state index in [1.54, 1.807) is 0 Å². The minimum atomic E-state index is 0.264. The molecule has 1 fully saturated rings. The Balaban J connectivity index is 2.17. The zero-order valence-corrected chi connectivity index (χ0v) is 12.6. The summed E-state index contributed by atoms with van der Waals surface area (Å²) in [6, 6.07) is 4.49. The molecule has 2 rings (SSSR count). The predicted molar refractivity (Wildman–Crippen MR) is 81.0 cm³/mol. The fourth-order valence-electron chi connectivity index (χ4n) is 3.97. The average Bonchev–Trinajstić information content (AvgIpc) is 2.87. The van der Waals surface area contributed by atoms with E-state index in [1.165, 1.54) is 37.7 Å². The summed E-state index contributed by atoms with van der Waals surface area (Å²) in [6.07, 6.45) is 10.3. The first-order chi connectivity index (χ1) is 9.05. The lowest BCUT2D eigenvalue weighted by atomic mass is 9.68. The first kappa shape index (κ1) is 14.5. The van der Waals surface area contributed by atoms with Gasteiger partial charge in [0.05, 0.1) is 0 Å². The van der Waals surface area contributed by atoms with Gasteiger partial charge in [-0.3, -0.25) is 4.98 Å². The highest BCUT2D eigenvalue weighted by Crippen LogP contribution is 2.48. The van der Waals surface area contributed by atoms with Crippen LogP contribution in [0.25, 0.3) is 0 Å². The Labute approximate surface area is 117 Å². The molecule has 0 aliphatic heterocycles. The van der Waals surface area contributed by atoms with Crippen molar-refractivity contribution >= 4 is 0 Å². The van der Waals surface area contributed by atoms with Crippen molar-refractivity contribution in [3.05, 3.63) is 30.1 Å². The lowest BCUT2D eigenvalue weighted by Crippen LogP contribution is -2.44.